The van der Waals surface area contributed by atoms with Gasteiger partial charge in [-0.3, -0.25) is 0 Å². The lowest BCUT2D eigenvalue weighted by atomic mass is 10.1. The van der Waals surface area contributed by atoms with Crippen molar-refractivity contribution in [2.24, 2.45) is 0 Å². The van der Waals surface area contributed by atoms with Crippen LogP contribution >= 0.6 is 11.6 Å². The van der Waals surface area contributed by atoms with Crippen molar-refractivity contribution < 1.29 is 5.11 Å². The van der Waals surface area contributed by atoms with E-state index >= 15 is 0 Å². The first-order chi connectivity index (χ1) is 7.31. The maximum Gasteiger partial charge on any atom is 0.0847 e. The maximum atomic E-state index is 9.36. The van der Waals surface area contributed by atoms with Crippen LogP contribution in [0.15, 0.2) is 18.2 Å². The van der Waals surface area contributed by atoms with Gasteiger partial charge in [-0.15, -0.1) is 11.6 Å². The van der Waals surface area contributed by atoms with Crippen molar-refractivity contribution in [1.82, 2.24) is 5.32 Å². The Labute approximate surface area is 94.4 Å². The Morgan fingerprint density at radius 2 is 2.33 bits per heavy atom. The minimum absolute atomic E-state index is 0.264. The number of aliphatic hydroxyl groups is 1. The van der Waals surface area contributed by atoms with Crippen LogP contribution in [0.5, 0.6) is 0 Å². The average molecular weight is 227 g/mol. The number of halogens is 1. The maximum absolute atomic E-state index is 9.36. The van der Waals surface area contributed by atoms with Crippen molar-refractivity contribution in [3.8, 4) is 0 Å². The minimum atomic E-state index is -0.489. The summed E-state index contributed by atoms with van der Waals surface area (Å²) in [6.45, 7) is 2.33. The van der Waals surface area contributed by atoms with E-state index in [9.17, 15) is 5.11 Å². The number of nitrogens with one attached hydrogen (secondary N) is 2. The van der Waals surface area contributed by atoms with E-state index in [1.165, 1.54) is 11.1 Å². The van der Waals surface area contributed by atoms with Crippen LogP contribution in [0.1, 0.15) is 11.1 Å². The molecule has 1 heterocycles. The van der Waals surface area contributed by atoms with Gasteiger partial charge in [0, 0.05) is 25.3 Å². The van der Waals surface area contributed by atoms with Gasteiger partial charge in [-0.1, -0.05) is 12.1 Å². The molecule has 0 fully saturated rings. The summed E-state index contributed by atoms with van der Waals surface area (Å²) in [4.78, 5) is 0. The smallest absolute Gasteiger partial charge is 0.0847 e. The summed E-state index contributed by atoms with van der Waals surface area (Å²) < 4.78 is 0. The van der Waals surface area contributed by atoms with Gasteiger partial charge in [0.1, 0.15) is 0 Å². The predicted octanol–water partition coefficient (Wildman–Crippen LogP) is 1.30. The van der Waals surface area contributed by atoms with Gasteiger partial charge in [0.25, 0.3) is 0 Å². The van der Waals surface area contributed by atoms with E-state index in [0.717, 1.165) is 18.8 Å². The van der Waals surface area contributed by atoms with Crippen LogP contribution in [-0.2, 0) is 13.1 Å². The molecule has 82 valence electrons. The molecule has 0 saturated heterocycles. The summed E-state index contributed by atoms with van der Waals surface area (Å²) in [5.74, 6) is 0.264. The van der Waals surface area contributed by atoms with E-state index in [0.29, 0.717) is 6.54 Å². The number of aliphatic hydroxyl groups excluding tert-OH is 1. The quantitative estimate of drug-likeness (QED) is 0.679. The van der Waals surface area contributed by atoms with Crippen LogP contribution in [0.4, 0.5) is 5.69 Å². The Hall–Kier alpha value is -0.770. The number of anilines is 1. The molecule has 2 rings (SSSR count). The molecule has 15 heavy (non-hydrogen) atoms. The molecule has 1 aliphatic rings. The van der Waals surface area contributed by atoms with E-state index in [1.54, 1.807) is 0 Å². The lowest BCUT2D eigenvalue weighted by Gasteiger charge is -2.13. The standard InChI is InChI=1S/C11H15ClN2O/c12-4-9(15)6-14-11-3-1-2-8-5-13-7-10(8)11/h1-3,9,13-15H,4-7H2. The molecule has 1 atom stereocenters. The van der Waals surface area contributed by atoms with Gasteiger partial charge >= 0.3 is 0 Å². The molecule has 0 aromatic heterocycles. The predicted molar refractivity (Wildman–Crippen MR) is 62.2 cm³/mol. The number of hydrogen-bond acceptors (Lipinski definition) is 3. The van der Waals surface area contributed by atoms with Crippen LogP contribution in [-0.4, -0.2) is 23.6 Å². The van der Waals surface area contributed by atoms with E-state index in [1.807, 2.05) is 12.1 Å². The summed E-state index contributed by atoms with van der Waals surface area (Å²) in [6.07, 6.45) is -0.489. The molecule has 1 unspecified atom stereocenters. The monoisotopic (exact) mass is 226 g/mol. The fourth-order valence-electron chi connectivity index (χ4n) is 1.78. The second kappa shape index (κ2) is 4.84. The third-order valence-corrected chi connectivity index (χ3v) is 2.95. The van der Waals surface area contributed by atoms with Crippen molar-refractivity contribution in [3.63, 3.8) is 0 Å². The van der Waals surface area contributed by atoms with Crippen LogP contribution < -0.4 is 10.6 Å². The van der Waals surface area contributed by atoms with Crippen LogP contribution in [0, 0.1) is 0 Å². The molecule has 4 heteroatoms. The summed E-state index contributed by atoms with van der Waals surface area (Å²) >= 11 is 5.53. The first-order valence-corrected chi connectivity index (χ1v) is 5.64. The van der Waals surface area contributed by atoms with E-state index in [4.69, 9.17) is 11.6 Å². The highest BCUT2D eigenvalue weighted by molar-refractivity contribution is 6.18. The molecular weight excluding hydrogens is 212 g/mol. The minimum Gasteiger partial charge on any atom is -0.390 e. The topological polar surface area (TPSA) is 44.3 Å². The zero-order chi connectivity index (χ0) is 10.7. The van der Waals surface area contributed by atoms with Gasteiger partial charge in [0.05, 0.1) is 12.0 Å². The Bertz CT molecular complexity index is 343. The second-order valence-corrected chi connectivity index (χ2v) is 4.04. The summed E-state index contributed by atoms with van der Waals surface area (Å²) in [5, 5.41) is 15.9. The summed E-state index contributed by atoms with van der Waals surface area (Å²) in [5.41, 5.74) is 3.74. The van der Waals surface area contributed by atoms with E-state index in [-0.39, 0.29) is 5.88 Å². The van der Waals surface area contributed by atoms with Crippen molar-refractivity contribution in [1.29, 1.82) is 0 Å². The summed E-state index contributed by atoms with van der Waals surface area (Å²) in [7, 11) is 0. The van der Waals surface area contributed by atoms with Crippen LogP contribution in [0.2, 0.25) is 0 Å². The van der Waals surface area contributed by atoms with Crippen molar-refractivity contribution in [2.45, 2.75) is 19.2 Å². The zero-order valence-corrected chi connectivity index (χ0v) is 9.22. The molecule has 0 spiro atoms. The van der Waals surface area contributed by atoms with Crippen molar-refractivity contribution in [3.05, 3.63) is 29.3 Å². The molecular formula is C11H15ClN2O. The van der Waals surface area contributed by atoms with Gasteiger partial charge < -0.3 is 15.7 Å². The third kappa shape index (κ3) is 2.43. The lowest BCUT2D eigenvalue weighted by Crippen LogP contribution is -2.21. The van der Waals surface area contributed by atoms with Crippen molar-refractivity contribution >= 4 is 17.3 Å². The third-order valence-electron chi connectivity index (χ3n) is 2.60. The molecule has 1 aliphatic heterocycles. The molecule has 1 aromatic carbocycles. The highest BCUT2D eigenvalue weighted by Gasteiger charge is 2.13. The molecule has 1 aromatic rings. The fraction of sp³-hybridized carbons (Fsp3) is 0.455. The van der Waals surface area contributed by atoms with E-state index in [2.05, 4.69) is 16.7 Å². The van der Waals surface area contributed by atoms with E-state index < -0.39 is 6.10 Å². The van der Waals surface area contributed by atoms with Gasteiger partial charge in [0.2, 0.25) is 0 Å². The Morgan fingerprint density at radius 3 is 3.13 bits per heavy atom. The van der Waals surface area contributed by atoms with Crippen LogP contribution in [0.25, 0.3) is 0 Å². The molecule has 0 radical (unpaired) electrons. The second-order valence-electron chi connectivity index (χ2n) is 3.74. The SMILES string of the molecule is OC(CCl)CNc1cccc2c1CNC2. The Kier molecular flexibility index (Phi) is 3.46. The van der Waals surface area contributed by atoms with Gasteiger partial charge in [0.15, 0.2) is 0 Å². The molecule has 0 amide bonds. The highest BCUT2D eigenvalue weighted by atomic mass is 35.5. The Balaban J connectivity index is 2.06. The molecule has 3 N–H and O–H groups in total. The average Bonchev–Trinajstić information content (AvgIpc) is 2.74. The summed E-state index contributed by atoms with van der Waals surface area (Å²) in [6, 6.07) is 6.19. The number of hydrogen-bond donors (Lipinski definition) is 3. The number of benzene rings is 1. The number of rotatable bonds is 4. The first kappa shape index (κ1) is 10.7. The Morgan fingerprint density at radius 1 is 1.47 bits per heavy atom. The highest BCUT2D eigenvalue weighted by Crippen LogP contribution is 2.23. The molecule has 0 aliphatic carbocycles. The molecule has 0 bridgehead atoms. The fourth-order valence-corrected chi connectivity index (χ4v) is 1.89. The number of alkyl halides is 1. The zero-order valence-electron chi connectivity index (χ0n) is 8.46. The largest absolute Gasteiger partial charge is 0.390 e. The number of fused-ring (bicyclic) bond motifs is 1. The van der Waals surface area contributed by atoms with Gasteiger partial charge in [-0.2, -0.15) is 0 Å². The van der Waals surface area contributed by atoms with Crippen molar-refractivity contribution in [2.75, 3.05) is 17.7 Å². The molecule has 3 nitrogen and oxygen atoms in total. The molecule has 0 saturated carbocycles. The lowest BCUT2D eigenvalue weighted by molar-refractivity contribution is 0.211. The van der Waals surface area contributed by atoms with Crippen LogP contribution in [0.3, 0.4) is 0 Å². The van der Waals surface area contributed by atoms with Gasteiger partial charge in [-0.25, -0.2) is 0 Å². The first-order valence-electron chi connectivity index (χ1n) is 5.10. The normalized spacial score (nSPS) is 16.1. The van der Waals surface area contributed by atoms with Gasteiger partial charge in [-0.05, 0) is 17.2 Å².